The normalized spacial score (nSPS) is 12.8. The Morgan fingerprint density at radius 2 is 1.89 bits per heavy atom. The Morgan fingerprint density at radius 1 is 1.11 bits per heavy atom. The first-order valence-corrected chi connectivity index (χ1v) is 9.67. The van der Waals surface area contributed by atoms with Gasteiger partial charge in [0.2, 0.25) is 0 Å². The van der Waals surface area contributed by atoms with Gasteiger partial charge in [0.1, 0.15) is 11.3 Å². The first-order valence-electron chi connectivity index (χ1n) is 9.67. The van der Waals surface area contributed by atoms with Gasteiger partial charge in [0.15, 0.2) is 0 Å². The molecule has 142 valence electrons. The number of hydrogen-bond donors (Lipinski definition) is 0. The molecule has 0 unspecified atom stereocenters. The van der Waals surface area contributed by atoms with Crippen LogP contribution in [0.1, 0.15) is 24.5 Å². The van der Waals surface area contributed by atoms with Crippen molar-refractivity contribution in [2.75, 3.05) is 6.54 Å². The molecule has 0 atom stereocenters. The second kappa shape index (κ2) is 9.18. The van der Waals surface area contributed by atoms with Gasteiger partial charge in [-0.3, -0.25) is 4.99 Å². The molecule has 0 saturated heterocycles. The van der Waals surface area contributed by atoms with E-state index in [0.717, 1.165) is 34.1 Å². The summed E-state index contributed by atoms with van der Waals surface area (Å²) in [7, 11) is 0. The minimum absolute atomic E-state index is 0.713. The van der Waals surface area contributed by atoms with Crippen LogP contribution in [0.5, 0.6) is 0 Å². The van der Waals surface area contributed by atoms with E-state index in [0.29, 0.717) is 6.54 Å². The average Bonchev–Trinajstić information content (AvgIpc) is 2.68. The minimum atomic E-state index is 0.713. The molecule has 0 fully saturated rings. The summed E-state index contributed by atoms with van der Waals surface area (Å²) in [6.07, 6.45) is 8.90. The maximum atomic E-state index is 6.26. The van der Waals surface area contributed by atoms with E-state index < -0.39 is 0 Å². The molecule has 0 saturated carbocycles. The molecule has 2 aromatic carbocycles. The molecule has 0 radical (unpaired) electrons. The number of rotatable bonds is 6. The highest BCUT2D eigenvalue weighted by Gasteiger charge is 2.08. The van der Waals surface area contributed by atoms with Crippen molar-refractivity contribution >= 4 is 11.0 Å². The molecule has 2 nitrogen and oxygen atoms in total. The van der Waals surface area contributed by atoms with Gasteiger partial charge in [0.25, 0.3) is 0 Å². The molecular formula is C26H27NO. The molecule has 3 rings (SSSR count). The fraction of sp³-hybridized carbons (Fsp3) is 0.192. The van der Waals surface area contributed by atoms with E-state index in [1.165, 1.54) is 16.7 Å². The summed E-state index contributed by atoms with van der Waals surface area (Å²) in [5.74, 6) is 0.840. The Labute approximate surface area is 167 Å². The van der Waals surface area contributed by atoms with Crippen LogP contribution < -0.4 is 5.36 Å². The van der Waals surface area contributed by atoms with E-state index in [4.69, 9.17) is 9.41 Å². The third-order valence-electron chi connectivity index (χ3n) is 4.64. The van der Waals surface area contributed by atoms with E-state index in [1.54, 1.807) is 0 Å². The van der Waals surface area contributed by atoms with Gasteiger partial charge in [-0.1, -0.05) is 67.3 Å². The van der Waals surface area contributed by atoms with Gasteiger partial charge in [-0.2, -0.15) is 0 Å². The Hall–Kier alpha value is -3.13. The summed E-state index contributed by atoms with van der Waals surface area (Å²) < 4.78 is 6.26. The summed E-state index contributed by atoms with van der Waals surface area (Å²) in [5.41, 5.74) is 5.54. The van der Waals surface area contributed by atoms with Crippen LogP contribution >= 0.6 is 0 Å². The van der Waals surface area contributed by atoms with Crippen molar-refractivity contribution in [1.29, 1.82) is 0 Å². The van der Waals surface area contributed by atoms with E-state index in [2.05, 4.69) is 56.8 Å². The smallest absolute Gasteiger partial charge is 0.137 e. The zero-order chi connectivity index (χ0) is 19.9. The van der Waals surface area contributed by atoms with E-state index in [-0.39, 0.29) is 0 Å². The van der Waals surface area contributed by atoms with Crippen LogP contribution in [-0.2, 0) is 0 Å². The first kappa shape index (κ1) is 19.6. The molecule has 3 aromatic rings. The topological polar surface area (TPSA) is 25.5 Å². The molecule has 0 amide bonds. The highest BCUT2D eigenvalue weighted by atomic mass is 16.3. The van der Waals surface area contributed by atoms with Crippen LogP contribution in [-0.4, -0.2) is 6.54 Å². The lowest BCUT2D eigenvalue weighted by Gasteiger charge is -2.08. The molecule has 1 aromatic heterocycles. The second-order valence-electron chi connectivity index (χ2n) is 6.93. The number of fused-ring (bicyclic) bond motifs is 1. The zero-order valence-electron chi connectivity index (χ0n) is 16.9. The molecule has 0 aliphatic heterocycles. The predicted octanol–water partition coefficient (Wildman–Crippen LogP) is 6.70. The molecule has 1 heterocycles. The van der Waals surface area contributed by atoms with Gasteiger partial charge in [0, 0.05) is 23.6 Å². The van der Waals surface area contributed by atoms with Gasteiger partial charge < -0.3 is 4.42 Å². The molecule has 0 N–H and O–H groups in total. The fourth-order valence-electron chi connectivity index (χ4n) is 3.44. The summed E-state index contributed by atoms with van der Waals surface area (Å²) >= 11 is 0. The van der Waals surface area contributed by atoms with Crippen molar-refractivity contribution < 1.29 is 4.42 Å². The molecule has 0 aliphatic rings. The number of allylic oxidation sites excluding steroid dienone is 4. The van der Waals surface area contributed by atoms with Crippen LogP contribution in [0.3, 0.4) is 0 Å². The molecule has 0 spiro atoms. The Kier molecular flexibility index (Phi) is 6.44. The van der Waals surface area contributed by atoms with Crippen molar-refractivity contribution in [3.8, 4) is 11.3 Å². The lowest BCUT2D eigenvalue weighted by Crippen LogP contribution is -2.07. The van der Waals surface area contributed by atoms with Gasteiger partial charge in [-0.05, 0) is 50.0 Å². The van der Waals surface area contributed by atoms with Crippen molar-refractivity contribution in [1.82, 2.24) is 0 Å². The van der Waals surface area contributed by atoms with Crippen molar-refractivity contribution in [3.63, 3.8) is 0 Å². The SMILES string of the molecule is C=CC=C(/C=C/C)CCN=c1cc(-c2ccccc2)oc2cc(C)cc(C)c12. The summed E-state index contributed by atoms with van der Waals surface area (Å²) in [4.78, 5) is 4.95. The number of aryl methyl sites for hydroxylation is 2. The van der Waals surface area contributed by atoms with Gasteiger partial charge in [0.05, 0.1) is 5.36 Å². The van der Waals surface area contributed by atoms with E-state index in [9.17, 15) is 0 Å². The summed E-state index contributed by atoms with van der Waals surface area (Å²) in [6.45, 7) is 10.8. The summed E-state index contributed by atoms with van der Waals surface area (Å²) in [6, 6.07) is 16.5. The maximum Gasteiger partial charge on any atom is 0.137 e. The quantitative estimate of drug-likeness (QED) is 0.444. The maximum absolute atomic E-state index is 6.26. The van der Waals surface area contributed by atoms with E-state index in [1.807, 2.05) is 43.4 Å². The van der Waals surface area contributed by atoms with Crippen molar-refractivity contribution in [2.24, 2.45) is 4.99 Å². The first-order chi connectivity index (χ1) is 13.6. The van der Waals surface area contributed by atoms with Crippen LogP contribution in [0.2, 0.25) is 0 Å². The lowest BCUT2D eigenvalue weighted by atomic mass is 10.0. The molecule has 28 heavy (non-hydrogen) atoms. The highest BCUT2D eigenvalue weighted by Crippen LogP contribution is 2.24. The second-order valence-corrected chi connectivity index (χ2v) is 6.93. The number of nitrogens with zero attached hydrogens (tertiary/aromatic N) is 1. The average molecular weight is 370 g/mol. The van der Waals surface area contributed by atoms with Gasteiger partial charge in [-0.15, -0.1) is 0 Å². The number of hydrogen-bond acceptors (Lipinski definition) is 2. The fourth-order valence-corrected chi connectivity index (χ4v) is 3.44. The summed E-state index contributed by atoms with van der Waals surface area (Å²) in [5, 5.41) is 2.07. The van der Waals surface area contributed by atoms with Crippen LogP contribution in [0, 0.1) is 13.8 Å². The highest BCUT2D eigenvalue weighted by molar-refractivity contribution is 5.82. The monoisotopic (exact) mass is 369 g/mol. The molecule has 2 heteroatoms. The predicted molar refractivity (Wildman–Crippen MR) is 119 cm³/mol. The van der Waals surface area contributed by atoms with Crippen molar-refractivity contribution in [3.05, 3.63) is 101 Å². The zero-order valence-corrected chi connectivity index (χ0v) is 16.9. The largest absolute Gasteiger partial charge is 0.456 e. The Balaban J connectivity index is 2.11. The third-order valence-corrected chi connectivity index (χ3v) is 4.64. The van der Waals surface area contributed by atoms with Crippen molar-refractivity contribution in [2.45, 2.75) is 27.2 Å². The standard InChI is InChI=1S/C26H27NO/c1-5-10-21(11-6-2)14-15-27-23-18-24(22-12-8-7-9-13-22)28-25-17-19(3)16-20(4)26(23)25/h5-13,16-18H,1,14-15H2,2-4H3/b11-6+,21-10?,27-23?. The molecular weight excluding hydrogens is 342 g/mol. The number of benzene rings is 2. The Bertz CT molecular complexity index is 1100. The minimum Gasteiger partial charge on any atom is -0.456 e. The Morgan fingerprint density at radius 3 is 2.61 bits per heavy atom. The van der Waals surface area contributed by atoms with Gasteiger partial charge in [-0.25, -0.2) is 0 Å². The molecule has 0 aliphatic carbocycles. The van der Waals surface area contributed by atoms with Crippen LogP contribution in [0.4, 0.5) is 0 Å². The lowest BCUT2D eigenvalue weighted by molar-refractivity contribution is 0.617. The van der Waals surface area contributed by atoms with Crippen LogP contribution in [0.15, 0.2) is 94.4 Å². The van der Waals surface area contributed by atoms with Gasteiger partial charge >= 0.3 is 0 Å². The third kappa shape index (κ3) is 4.58. The van der Waals surface area contributed by atoms with Crippen LogP contribution in [0.25, 0.3) is 22.3 Å². The van der Waals surface area contributed by atoms with E-state index >= 15 is 0 Å². The molecule has 0 bridgehead atoms.